The van der Waals surface area contributed by atoms with E-state index in [1.54, 1.807) is 12.1 Å². The first-order chi connectivity index (χ1) is 8.56. The number of anilines is 1. The van der Waals surface area contributed by atoms with Crippen LogP contribution in [0, 0.1) is 5.82 Å². The molecule has 0 amide bonds. The van der Waals surface area contributed by atoms with Crippen LogP contribution in [0.15, 0.2) is 40.9 Å². The molecule has 2 aromatic rings. The smallest absolute Gasteiger partial charge is 0.146 e. The molecule has 2 aromatic carbocycles. The highest BCUT2D eigenvalue weighted by Gasteiger charge is 2.05. The van der Waals surface area contributed by atoms with Gasteiger partial charge >= 0.3 is 0 Å². The molecule has 0 unspecified atom stereocenters. The largest absolute Gasteiger partial charge is 0.379 e. The van der Waals surface area contributed by atoms with Gasteiger partial charge in [-0.2, -0.15) is 0 Å². The second-order valence-electron chi connectivity index (χ2n) is 3.71. The lowest BCUT2D eigenvalue weighted by Gasteiger charge is -2.09. The molecule has 1 nitrogen and oxygen atoms in total. The van der Waals surface area contributed by atoms with Gasteiger partial charge in [-0.3, -0.25) is 0 Å². The van der Waals surface area contributed by atoms with Crippen LogP contribution in [-0.4, -0.2) is 0 Å². The molecule has 0 aliphatic heterocycles. The Hall–Kier alpha value is -0.770. The second kappa shape index (κ2) is 5.91. The van der Waals surface area contributed by atoms with Crippen LogP contribution < -0.4 is 5.32 Å². The third kappa shape index (κ3) is 3.37. The molecule has 0 spiro atoms. The summed E-state index contributed by atoms with van der Waals surface area (Å²) in [5.74, 6) is -0.342. The van der Waals surface area contributed by atoms with Crippen LogP contribution in [0.1, 0.15) is 5.56 Å². The summed E-state index contributed by atoms with van der Waals surface area (Å²) in [6.07, 6.45) is 0. The third-order valence-corrected chi connectivity index (χ3v) is 3.50. The van der Waals surface area contributed by atoms with Crippen LogP contribution in [0.4, 0.5) is 10.1 Å². The molecule has 18 heavy (non-hydrogen) atoms. The van der Waals surface area contributed by atoms with E-state index >= 15 is 0 Å². The van der Waals surface area contributed by atoms with E-state index in [-0.39, 0.29) is 5.82 Å². The van der Waals surface area contributed by atoms with Crippen LogP contribution >= 0.6 is 39.1 Å². The average molecular weight is 349 g/mol. The van der Waals surface area contributed by atoms with Crippen molar-refractivity contribution >= 4 is 44.8 Å². The molecular formula is C13H9BrCl2FN. The summed E-state index contributed by atoms with van der Waals surface area (Å²) >= 11 is 15.2. The molecule has 94 valence electrons. The van der Waals surface area contributed by atoms with E-state index in [1.165, 1.54) is 12.1 Å². The molecule has 0 heterocycles. The molecule has 0 aliphatic carbocycles. The van der Waals surface area contributed by atoms with Crippen molar-refractivity contribution in [1.29, 1.82) is 0 Å². The van der Waals surface area contributed by atoms with Crippen molar-refractivity contribution in [2.75, 3.05) is 5.32 Å². The first-order valence-electron chi connectivity index (χ1n) is 5.19. The van der Waals surface area contributed by atoms with Crippen molar-refractivity contribution in [1.82, 2.24) is 0 Å². The predicted molar refractivity (Wildman–Crippen MR) is 77.9 cm³/mol. The summed E-state index contributed by atoms with van der Waals surface area (Å²) in [5.41, 5.74) is 1.24. The number of benzene rings is 2. The fourth-order valence-corrected chi connectivity index (χ4v) is 2.27. The van der Waals surface area contributed by atoms with Crippen LogP contribution in [0.25, 0.3) is 0 Å². The molecule has 0 fully saturated rings. The van der Waals surface area contributed by atoms with Gasteiger partial charge < -0.3 is 5.32 Å². The zero-order chi connectivity index (χ0) is 13.1. The van der Waals surface area contributed by atoms with Crippen molar-refractivity contribution < 1.29 is 4.39 Å². The summed E-state index contributed by atoms with van der Waals surface area (Å²) in [6.45, 7) is 0.426. The quantitative estimate of drug-likeness (QED) is 0.771. The van der Waals surface area contributed by atoms with E-state index in [0.29, 0.717) is 22.3 Å². The molecule has 0 aromatic heterocycles. The Morgan fingerprint density at radius 1 is 1.11 bits per heavy atom. The van der Waals surface area contributed by atoms with Crippen molar-refractivity contribution in [3.05, 3.63) is 62.3 Å². The average Bonchev–Trinajstić information content (AvgIpc) is 2.34. The first-order valence-corrected chi connectivity index (χ1v) is 6.74. The van der Waals surface area contributed by atoms with Crippen LogP contribution in [-0.2, 0) is 6.54 Å². The molecule has 5 heteroatoms. The van der Waals surface area contributed by atoms with Crippen LogP contribution in [0.5, 0.6) is 0 Å². The van der Waals surface area contributed by atoms with Crippen molar-refractivity contribution in [3.8, 4) is 0 Å². The van der Waals surface area contributed by atoms with Gasteiger partial charge in [0.05, 0.1) is 5.69 Å². The Labute approximate surface area is 123 Å². The minimum atomic E-state index is -0.342. The minimum Gasteiger partial charge on any atom is -0.379 e. The molecule has 0 saturated heterocycles. The van der Waals surface area contributed by atoms with Crippen LogP contribution in [0.2, 0.25) is 10.0 Å². The van der Waals surface area contributed by atoms with E-state index in [9.17, 15) is 4.39 Å². The number of hydrogen-bond acceptors (Lipinski definition) is 1. The van der Waals surface area contributed by atoms with Crippen LogP contribution in [0.3, 0.4) is 0 Å². The lowest BCUT2D eigenvalue weighted by molar-refractivity contribution is 0.630. The van der Waals surface area contributed by atoms with Gasteiger partial charge in [-0.05, 0) is 42.0 Å². The molecule has 0 aliphatic rings. The lowest BCUT2D eigenvalue weighted by atomic mass is 10.2. The summed E-state index contributed by atoms with van der Waals surface area (Å²) in [7, 11) is 0. The Kier molecular flexibility index (Phi) is 4.49. The summed E-state index contributed by atoms with van der Waals surface area (Å²) in [4.78, 5) is 0. The van der Waals surface area contributed by atoms with E-state index in [0.717, 1.165) is 10.0 Å². The maximum atomic E-state index is 13.5. The van der Waals surface area contributed by atoms with Gasteiger partial charge in [0.2, 0.25) is 0 Å². The Balaban J connectivity index is 2.16. The number of halogens is 4. The summed E-state index contributed by atoms with van der Waals surface area (Å²) in [5, 5.41) is 4.09. The van der Waals surface area contributed by atoms with E-state index < -0.39 is 0 Å². The van der Waals surface area contributed by atoms with Gasteiger partial charge in [0.15, 0.2) is 0 Å². The number of rotatable bonds is 3. The summed E-state index contributed by atoms with van der Waals surface area (Å²) in [6, 6.07) is 9.91. The molecule has 0 atom stereocenters. The Morgan fingerprint density at radius 2 is 1.89 bits per heavy atom. The number of hydrogen-bond donors (Lipinski definition) is 1. The standard InChI is InChI=1S/C13H9BrCl2FN/c14-9-1-3-11(16)8(5-9)7-18-13-6-10(15)2-4-12(13)17/h1-6,18H,7H2. The van der Waals surface area contributed by atoms with Gasteiger partial charge in [-0.15, -0.1) is 0 Å². The highest BCUT2D eigenvalue weighted by molar-refractivity contribution is 9.10. The molecule has 0 radical (unpaired) electrons. The highest BCUT2D eigenvalue weighted by Crippen LogP contribution is 2.24. The predicted octanol–water partition coefficient (Wildman–Crippen LogP) is 5.51. The number of nitrogens with one attached hydrogen (secondary N) is 1. The lowest BCUT2D eigenvalue weighted by Crippen LogP contribution is -2.02. The van der Waals surface area contributed by atoms with Crippen molar-refractivity contribution in [2.45, 2.75) is 6.54 Å². The van der Waals surface area contributed by atoms with Gasteiger partial charge in [-0.1, -0.05) is 39.1 Å². The fourth-order valence-electron chi connectivity index (χ4n) is 1.50. The van der Waals surface area contributed by atoms with Crippen molar-refractivity contribution in [2.24, 2.45) is 0 Å². The normalized spacial score (nSPS) is 10.4. The third-order valence-electron chi connectivity index (χ3n) is 2.41. The zero-order valence-electron chi connectivity index (χ0n) is 9.18. The van der Waals surface area contributed by atoms with Gasteiger partial charge in [0, 0.05) is 21.1 Å². The van der Waals surface area contributed by atoms with Gasteiger partial charge in [0.1, 0.15) is 5.82 Å². The molecular weight excluding hydrogens is 340 g/mol. The van der Waals surface area contributed by atoms with Gasteiger partial charge in [0.25, 0.3) is 0 Å². The summed E-state index contributed by atoms with van der Waals surface area (Å²) < 4.78 is 14.4. The van der Waals surface area contributed by atoms with E-state index in [1.807, 2.05) is 12.1 Å². The zero-order valence-corrected chi connectivity index (χ0v) is 12.3. The molecule has 2 rings (SSSR count). The maximum Gasteiger partial charge on any atom is 0.146 e. The first kappa shape index (κ1) is 13.7. The molecule has 0 bridgehead atoms. The molecule has 0 saturated carbocycles. The van der Waals surface area contributed by atoms with Gasteiger partial charge in [-0.25, -0.2) is 4.39 Å². The highest BCUT2D eigenvalue weighted by atomic mass is 79.9. The molecule has 1 N–H and O–H groups in total. The fraction of sp³-hybridized carbons (Fsp3) is 0.0769. The van der Waals surface area contributed by atoms with E-state index in [2.05, 4.69) is 21.2 Å². The monoisotopic (exact) mass is 347 g/mol. The SMILES string of the molecule is Fc1ccc(Cl)cc1NCc1cc(Br)ccc1Cl. The second-order valence-corrected chi connectivity index (χ2v) is 5.47. The Morgan fingerprint density at radius 3 is 2.67 bits per heavy atom. The van der Waals surface area contributed by atoms with Crippen molar-refractivity contribution in [3.63, 3.8) is 0 Å². The maximum absolute atomic E-state index is 13.5. The minimum absolute atomic E-state index is 0.342. The topological polar surface area (TPSA) is 12.0 Å². The van der Waals surface area contributed by atoms with E-state index in [4.69, 9.17) is 23.2 Å². The Bertz CT molecular complexity index is 523.